The molecule has 2 saturated carbocycles. The molecule has 7 heterocycles. The van der Waals surface area contributed by atoms with E-state index in [2.05, 4.69) is 31.1 Å². The molecule has 390 valence electrons. The van der Waals surface area contributed by atoms with Gasteiger partial charge in [-0.1, -0.05) is 13.0 Å². The molecule has 0 radical (unpaired) electrons. The molecule has 6 fully saturated rings. The maximum absolute atomic E-state index is 17.2. The SMILES string of the molecule is CCc1c(F)ccc2cc(O)cc(-c3ncc4c(N5CCC[C@@](C)(O)C5)nc(CCC5(CN6CCC7(CCC(N8CCN(c9ccc%10c(c9)CN([C@H]9CCC(=O)NC9=O)C%10=O)CC8)CC7)CC6)CC5)nc4c3F)c12. The number of piperidine rings is 3. The summed E-state index contributed by atoms with van der Waals surface area (Å²) < 4.78 is 32.5. The van der Waals surface area contributed by atoms with Crippen molar-refractivity contribution in [2.45, 2.75) is 134 Å². The third-order valence-corrected chi connectivity index (χ3v) is 18.5. The van der Waals surface area contributed by atoms with Gasteiger partial charge in [0, 0.05) is 94.3 Å². The zero-order valence-electron chi connectivity index (χ0n) is 42.9. The van der Waals surface area contributed by atoms with E-state index in [0.717, 1.165) is 82.7 Å². The number of aromatic nitrogens is 3. The first-order chi connectivity index (χ1) is 35.7. The van der Waals surface area contributed by atoms with Gasteiger partial charge in [0.15, 0.2) is 5.82 Å². The number of hydrogen-bond acceptors (Lipinski definition) is 12. The number of phenols is 1. The molecular weight excluding hydrogens is 941 g/mol. The number of likely N-dealkylation sites (tertiary alicyclic amines) is 1. The first-order valence-electron chi connectivity index (χ1n) is 27.4. The molecule has 0 bridgehead atoms. The average Bonchev–Trinajstić information content (AvgIpc) is 4.09. The fourth-order valence-electron chi connectivity index (χ4n) is 13.9. The van der Waals surface area contributed by atoms with Gasteiger partial charge in [-0.3, -0.25) is 29.6 Å². The van der Waals surface area contributed by atoms with Gasteiger partial charge in [0.05, 0.1) is 11.0 Å². The number of pyridine rings is 1. The molecule has 1 spiro atoms. The van der Waals surface area contributed by atoms with Crippen molar-refractivity contribution in [3.05, 3.63) is 82.8 Å². The average molecular weight is 1010 g/mol. The summed E-state index contributed by atoms with van der Waals surface area (Å²) in [6, 6.07) is 12.1. The zero-order valence-corrected chi connectivity index (χ0v) is 42.9. The van der Waals surface area contributed by atoms with Gasteiger partial charge in [0.25, 0.3) is 5.91 Å². The molecule has 7 aliphatic rings. The highest BCUT2D eigenvalue weighted by Gasteiger charge is 2.46. The number of nitrogens with zero attached hydrogens (tertiary/aromatic N) is 8. The van der Waals surface area contributed by atoms with E-state index in [1.165, 1.54) is 50.7 Å². The van der Waals surface area contributed by atoms with E-state index >= 15 is 8.78 Å². The van der Waals surface area contributed by atoms with Gasteiger partial charge in [-0.25, -0.2) is 18.7 Å². The van der Waals surface area contributed by atoms with Crippen molar-refractivity contribution in [2.24, 2.45) is 10.8 Å². The molecule has 2 atom stereocenters. The number of nitrogens with one attached hydrogen (secondary N) is 1. The minimum absolute atomic E-state index is 0.00488. The van der Waals surface area contributed by atoms with Crippen LogP contribution in [0, 0.1) is 22.5 Å². The number of halogens is 2. The van der Waals surface area contributed by atoms with Crippen LogP contribution < -0.4 is 15.1 Å². The number of anilines is 2. The fraction of sp³-hybridized carbons (Fsp3) is 0.552. The van der Waals surface area contributed by atoms with Crippen LogP contribution in [0.4, 0.5) is 20.3 Å². The van der Waals surface area contributed by atoms with Crippen LogP contribution >= 0.6 is 0 Å². The fourth-order valence-corrected chi connectivity index (χ4v) is 13.9. The molecule has 3 amide bonds. The third kappa shape index (κ3) is 9.26. The van der Waals surface area contributed by atoms with Crippen LogP contribution in [0.5, 0.6) is 5.75 Å². The highest BCUT2D eigenvalue weighted by molar-refractivity contribution is 6.06. The highest BCUT2D eigenvalue weighted by Crippen LogP contribution is 2.52. The predicted octanol–water partition coefficient (Wildman–Crippen LogP) is 8.06. The number of aliphatic hydroxyl groups is 1. The molecule has 2 aliphatic carbocycles. The summed E-state index contributed by atoms with van der Waals surface area (Å²) in [5.74, 6) is -0.737. The summed E-state index contributed by atoms with van der Waals surface area (Å²) in [4.78, 5) is 63.8. The molecule has 4 saturated heterocycles. The van der Waals surface area contributed by atoms with Crippen LogP contribution in [0.25, 0.3) is 32.9 Å². The Labute approximate surface area is 431 Å². The number of benzene rings is 3. The van der Waals surface area contributed by atoms with Crippen molar-refractivity contribution in [1.29, 1.82) is 0 Å². The van der Waals surface area contributed by atoms with Gasteiger partial charge in [0.2, 0.25) is 11.8 Å². The van der Waals surface area contributed by atoms with E-state index in [1.807, 2.05) is 30.9 Å². The van der Waals surface area contributed by atoms with Gasteiger partial charge >= 0.3 is 0 Å². The monoisotopic (exact) mass is 1010 g/mol. The van der Waals surface area contributed by atoms with Crippen molar-refractivity contribution in [3.63, 3.8) is 0 Å². The second kappa shape index (κ2) is 19.1. The number of phenolic OH excluding ortho intramolecular Hbond substituents is 1. The summed E-state index contributed by atoms with van der Waals surface area (Å²) in [7, 11) is 0. The molecule has 0 unspecified atom stereocenters. The van der Waals surface area contributed by atoms with Crippen molar-refractivity contribution in [3.8, 4) is 17.0 Å². The number of β-amino-alcohol motifs (C(OH)–C–C–N with tert-alkyl or cyclic N) is 1. The number of carbonyl (C=O) groups excluding carboxylic acids is 3. The second-order valence-corrected chi connectivity index (χ2v) is 23.4. The molecule has 3 N–H and O–H groups in total. The van der Waals surface area contributed by atoms with E-state index in [9.17, 15) is 24.6 Å². The lowest BCUT2D eigenvalue weighted by molar-refractivity contribution is -0.136. The van der Waals surface area contributed by atoms with Crippen LogP contribution in [-0.4, -0.2) is 134 Å². The summed E-state index contributed by atoms with van der Waals surface area (Å²) in [5, 5.41) is 25.9. The van der Waals surface area contributed by atoms with Gasteiger partial charge in [-0.15, -0.1) is 0 Å². The van der Waals surface area contributed by atoms with Crippen LogP contribution in [0.2, 0.25) is 0 Å². The van der Waals surface area contributed by atoms with Crippen molar-refractivity contribution >= 4 is 50.9 Å². The smallest absolute Gasteiger partial charge is 0.255 e. The highest BCUT2D eigenvalue weighted by atomic mass is 19.1. The number of fused-ring (bicyclic) bond motifs is 3. The Balaban J connectivity index is 0.669. The minimum atomic E-state index is -0.922. The number of rotatable bonds is 11. The molecule has 12 rings (SSSR count). The molecule has 5 aliphatic heterocycles. The van der Waals surface area contributed by atoms with Gasteiger partial charge < -0.3 is 29.8 Å². The van der Waals surface area contributed by atoms with E-state index in [0.29, 0.717) is 101 Å². The molecule has 2 aromatic heterocycles. The van der Waals surface area contributed by atoms with E-state index in [1.54, 1.807) is 23.2 Å². The van der Waals surface area contributed by atoms with Gasteiger partial charge in [-0.2, -0.15) is 0 Å². The number of carbonyl (C=O) groups is 3. The maximum Gasteiger partial charge on any atom is 0.255 e. The van der Waals surface area contributed by atoms with Crippen molar-refractivity contribution in [1.82, 2.24) is 35.0 Å². The molecule has 74 heavy (non-hydrogen) atoms. The van der Waals surface area contributed by atoms with Crippen LogP contribution in [0.3, 0.4) is 0 Å². The van der Waals surface area contributed by atoms with Crippen molar-refractivity contribution < 1.29 is 33.4 Å². The number of imide groups is 1. The standard InChI is InChI=1S/C58H69F2N9O5/c1-3-41-45(59)8-5-36-30-40(70)31-43(49(36)41)51-50(60)52-44(32-61-51)53(68-22-4-14-56(2,74)34-68)63-47(62-52)13-17-58(18-19-58)35-65-23-20-57(21-24-65)15-11-38(12-16-57)66-25-27-67(28-26-66)39-6-7-42-37(29-39)33-69(55(42)73)46-9-10-48(71)64-54(46)72/h5-8,29-32,38,46,70,74H,3-4,9-28,33-35H2,1-2H3,(H,64,71,72)/t46-,56+/m0/s1. The Morgan fingerprint density at radius 2 is 1.62 bits per heavy atom. The quantitative estimate of drug-likeness (QED) is 0.110. The summed E-state index contributed by atoms with van der Waals surface area (Å²) >= 11 is 0. The number of aryl methyl sites for hydroxylation is 2. The number of hydrogen-bond donors (Lipinski definition) is 3. The van der Waals surface area contributed by atoms with E-state index < -0.39 is 17.5 Å². The predicted molar refractivity (Wildman–Crippen MR) is 280 cm³/mol. The number of piperazine rings is 1. The van der Waals surface area contributed by atoms with Gasteiger partial charge in [-0.05, 0) is 173 Å². The summed E-state index contributed by atoms with van der Waals surface area (Å²) in [5.41, 5.74) is 3.30. The molecular formula is C58H69F2N9O5. The first-order valence-corrected chi connectivity index (χ1v) is 27.4. The minimum Gasteiger partial charge on any atom is -0.508 e. The normalized spacial score (nSPS) is 24.6. The van der Waals surface area contributed by atoms with Crippen molar-refractivity contribution in [2.75, 3.05) is 68.7 Å². The first kappa shape index (κ1) is 49.1. The Morgan fingerprint density at radius 3 is 2.35 bits per heavy atom. The van der Waals surface area contributed by atoms with Crippen LogP contribution in [0.15, 0.2) is 48.7 Å². The largest absolute Gasteiger partial charge is 0.508 e. The van der Waals surface area contributed by atoms with E-state index in [-0.39, 0.29) is 52.3 Å². The molecule has 5 aromatic rings. The third-order valence-electron chi connectivity index (χ3n) is 18.5. The lowest BCUT2D eigenvalue weighted by atomic mass is 9.66. The Morgan fingerprint density at radius 1 is 0.838 bits per heavy atom. The van der Waals surface area contributed by atoms with Crippen LogP contribution in [-0.2, 0) is 29.0 Å². The lowest BCUT2D eigenvalue weighted by Crippen LogP contribution is -2.52. The molecule has 3 aromatic carbocycles. The Bertz CT molecular complexity index is 3050. The Hall–Kier alpha value is -5.84. The topological polar surface area (TPSA) is 159 Å². The number of aromatic hydroxyl groups is 1. The summed E-state index contributed by atoms with van der Waals surface area (Å²) in [6.45, 7) is 12.3. The van der Waals surface area contributed by atoms with E-state index in [4.69, 9.17) is 9.97 Å². The van der Waals surface area contributed by atoms with Gasteiger partial charge in [0.1, 0.15) is 40.5 Å². The van der Waals surface area contributed by atoms with Crippen LogP contribution in [0.1, 0.15) is 125 Å². The summed E-state index contributed by atoms with van der Waals surface area (Å²) in [6.07, 6.45) is 15.3. The number of amides is 3. The Kier molecular flexibility index (Phi) is 12.6. The molecule has 14 nitrogen and oxygen atoms in total. The zero-order chi connectivity index (χ0) is 51.1. The lowest BCUT2D eigenvalue weighted by Gasteiger charge is -2.49. The molecule has 16 heteroatoms. The second-order valence-electron chi connectivity index (χ2n) is 23.4. The maximum atomic E-state index is 17.2.